The van der Waals surface area contributed by atoms with E-state index >= 15 is 4.79 Å². The molecule has 790 valence electrons. The number of esters is 2. The van der Waals surface area contributed by atoms with Crippen LogP contribution in [0.25, 0.3) is 0 Å². The molecule has 46 heteroatoms. The quantitative estimate of drug-likeness (QED) is 0.0150. The second-order valence-corrected chi connectivity index (χ2v) is 42.7. The molecule has 9 heterocycles. The summed E-state index contributed by atoms with van der Waals surface area (Å²) in [4.78, 5) is 43.7. The van der Waals surface area contributed by atoms with Gasteiger partial charge in [0.1, 0.15) is 189 Å². The molecule has 0 aromatic heterocycles. The van der Waals surface area contributed by atoms with Crippen LogP contribution >= 0.6 is 0 Å². The van der Waals surface area contributed by atoms with Crippen LogP contribution in [-0.4, -0.2) is 451 Å². The van der Waals surface area contributed by atoms with Gasteiger partial charge in [-0.3, -0.25) is 9.59 Å². The maximum absolute atomic E-state index is 16.6. The molecule has 51 atom stereocenters. The van der Waals surface area contributed by atoms with Gasteiger partial charge in [-0.05, 0) is 143 Å². The maximum Gasteiger partial charge on any atom is 0.333 e. The van der Waals surface area contributed by atoms with Crippen molar-refractivity contribution in [2.75, 3.05) is 46.2 Å². The van der Waals surface area contributed by atoms with Gasteiger partial charge in [0.05, 0.1) is 69.7 Å². The van der Waals surface area contributed by atoms with E-state index in [-0.39, 0.29) is 43.1 Å². The van der Waals surface area contributed by atoms with Crippen molar-refractivity contribution in [1.29, 1.82) is 0 Å². The van der Waals surface area contributed by atoms with Crippen LogP contribution in [0.1, 0.15) is 154 Å². The molecular weight excluding hydrogens is 1840 g/mol. The van der Waals surface area contributed by atoms with Gasteiger partial charge in [-0.1, -0.05) is 72.3 Å². The number of allylic oxidation sites excluding steroid dienone is 3. The molecule has 138 heavy (non-hydrogen) atoms. The van der Waals surface area contributed by atoms with E-state index in [2.05, 4.69) is 66.4 Å². The molecule has 1 amide bonds. The molecule has 14 rings (SSSR count). The van der Waals surface area contributed by atoms with Crippen molar-refractivity contribution < 1.29 is 222 Å². The van der Waals surface area contributed by atoms with Crippen LogP contribution in [-0.2, 0) is 104 Å². The summed E-state index contributed by atoms with van der Waals surface area (Å²) >= 11 is 0. The Bertz CT molecular complexity index is 4170. The molecule has 13 fully saturated rings. The Morgan fingerprint density at radius 2 is 1.00 bits per heavy atom. The summed E-state index contributed by atoms with van der Waals surface area (Å²) in [5, 5.41) is 261. The van der Waals surface area contributed by atoms with Crippen LogP contribution in [0.3, 0.4) is 0 Å². The van der Waals surface area contributed by atoms with E-state index < -0.39 is 372 Å². The average Bonchev–Trinajstić information content (AvgIpc) is 0.668. The Hall–Kier alpha value is -3.97. The van der Waals surface area contributed by atoms with Gasteiger partial charge in [-0.15, -0.1) is 6.58 Å². The number of carbonyl (C=O) groups is 3. The first-order valence-electron chi connectivity index (χ1n) is 47.9. The lowest BCUT2D eigenvalue weighted by Gasteiger charge is -2.72. The maximum atomic E-state index is 16.6. The number of hydrogen-bond acceptors (Lipinski definition) is 45. The van der Waals surface area contributed by atoms with E-state index in [0.717, 1.165) is 5.57 Å². The normalized spacial score (nSPS) is 50.8. The van der Waals surface area contributed by atoms with Crippen molar-refractivity contribution in [3.05, 3.63) is 36.0 Å². The van der Waals surface area contributed by atoms with Gasteiger partial charge in [0.25, 0.3) is 0 Å². The number of rotatable bonds is 28. The molecule has 5 aliphatic carbocycles. The topological polar surface area (TPSA) is 704 Å². The van der Waals surface area contributed by atoms with Gasteiger partial charge < -0.3 is 213 Å². The van der Waals surface area contributed by atoms with Crippen molar-refractivity contribution >= 4 is 17.8 Å². The number of aliphatic hydroxyl groups is 23. The SMILES string of the molecule is C=C[C@](C)(CC/C=C(\C)C(=O)OC[C@H]1O[C@@H](OC(=O)[C@]23CCC(C)(C)CC2C2=CC[C@@H]4[C@@]5(C)CC[C@H](O[C@@H]6O[C@H](CO[C@@H]7OC[C@H](O)[C@H](O)[C@H]7O[C@@H]7OC[C@H](O)[C@H](O)[C@H]7O)[C@@H](O)[C@H](O)[C@H]6NC(C)=O)C(C)(C)C5CC[C@@]4(C)[C@]2(C)C[C@H]3O)[C@H](O[C@@H]2O[C@@H](C)[C@H](O[C@@H]3OC[C@@H](O)[C@H](O[C@@H]4OC[C@@H](O)[C@H](O)[C@H]4O)[C@H]3O)[C@@H](O[C@@H]3O[C@H](CO)[C@@H](O)[C@H](O)[C@H]3O)[C@H]2O)[C@@H](O)[C@@H]1O)O[C@@H]1O[C@H](C)[C@@H](O)[C@H](O)[C@H]1O. The lowest BCUT2D eigenvalue weighted by atomic mass is 9.33. The largest absolute Gasteiger partial charge is 0.459 e. The van der Waals surface area contributed by atoms with E-state index in [1.165, 1.54) is 39.8 Å². The van der Waals surface area contributed by atoms with Crippen LogP contribution in [0.15, 0.2) is 36.0 Å². The monoisotopic (exact) mass is 1990 g/mol. The van der Waals surface area contributed by atoms with Gasteiger partial charge in [0.2, 0.25) is 12.2 Å². The highest BCUT2D eigenvalue weighted by molar-refractivity contribution is 5.87. The van der Waals surface area contributed by atoms with Gasteiger partial charge in [0.15, 0.2) is 56.4 Å². The lowest BCUT2D eigenvalue weighted by Crippen LogP contribution is -2.69. The smallest absolute Gasteiger partial charge is 0.333 e. The highest BCUT2D eigenvalue weighted by Gasteiger charge is 2.73. The zero-order chi connectivity index (χ0) is 101. The number of aliphatic hydroxyl groups excluding tert-OH is 23. The van der Waals surface area contributed by atoms with Crippen molar-refractivity contribution in [1.82, 2.24) is 5.32 Å². The number of nitrogens with one attached hydrogen (secondary N) is 1. The third-order valence-electron chi connectivity index (χ3n) is 32.9. The van der Waals surface area contributed by atoms with Crippen molar-refractivity contribution in [3.63, 3.8) is 0 Å². The van der Waals surface area contributed by atoms with E-state index in [0.29, 0.717) is 44.9 Å². The third-order valence-corrected chi connectivity index (χ3v) is 32.9. The summed E-state index contributed by atoms with van der Waals surface area (Å²) in [6.07, 6.45) is -64.6. The molecule has 46 nitrogen and oxygen atoms in total. The Labute approximate surface area is 797 Å². The molecule has 24 N–H and O–H groups in total. The summed E-state index contributed by atoms with van der Waals surface area (Å²) in [5.74, 6) is -3.59. The molecular formula is C92H147NO45. The van der Waals surface area contributed by atoms with E-state index in [9.17, 15) is 127 Å². The Kier molecular flexibility index (Phi) is 34.2. The van der Waals surface area contributed by atoms with Gasteiger partial charge >= 0.3 is 11.9 Å². The van der Waals surface area contributed by atoms with Crippen molar-refractivity contribution in [2.45, 2.75) is 423 Å². The van der Waals surface area contributed by atoms with E-state index in [4.69, 9.17) is 90.0 Å². The molecule has 0 aromatic carbocycles. The van der Waals surface area contributed by atoms with Crippen molar-refractivity contribution in [3.8, 4) is 0 Å². The highest BCUT2D eigenvalue weighted by Crippen LogP contribution is 2.76. The van der Waals surface area contributed by atoms with E-state index in [1.807, 2.05) is 0 Å². The lowest BCUT2D eigenvalue weighted by molar-refractivity contribution is -0.398. The fourth-order valence-electron chi connectivity index (χ4n) is 24.2. The van der Waals surface area contributed by atoms with Crippen LogP contribution in [0.2, 0.25) is 0 Å². The number of amides is 1. The summed E-state index contributed by atoms with van der Waals surface area (Å²) in [5.41, 5.74) is -5.36. The van der Waals surface area contributed by atoms with Gasteiger partial charge in [-0.2, -0.15) is 0 Å². The fourth-order valence-corrected chi connectivity index (χ4v) is 24.2. The van der Waals surface area contributed by atoms with Gasteiger partial charge in [0, 0.05) is 12.5 Å². The first kappa shape index (κ1) is 110. The molecule has 0 spiro atoms. The summed E-state index contributed by atoms with van der Waals surface area (Å²) in [7, 11) is 0. The van der Waals surface area contributed by atoms with E-state index in [1.54, 1.807) is 6.92 Å². The second kappa shape index (κ2) is 43.1. The third kappa shape index (κ3) is 21.1. The van der Waals surface area contributed by atoms with Crippen LogP contribution in [0.5, 0.6) is 0 Å². The molecule has 14 aliphatic rings. The molecule has 0 bridgehead atoms. The van der Waals surface area contributed by atoms with Crippen molar-refractivity contribution in [2.24, 2.45) is 50.2 Å². The molecule has 4 saturated carbocycles. The first-order chi connectivity index (χ1) is 64.7. The second-order valence-electron chi connectivity index (χ2n) is 42.7. The van der Waals surface area contributed by atoms with Crippen LogP contribution in [0.4, 0.5) is 0 Å². The average molecular weight is 1990 g/mol. The Morgan fingerprint density at radius 1 is 0.486 bits per heavy atom. The standard InChI is InChI=1S/C92H147NO45/c1-14-88(10,138-82-67(115)61(109)53(101)36(3)126-82)21-15-16-35(2)75(118)120-33-46-59(107)63(111)74(136-81-69(117)72(134-80-66(114)62(110)57(105)45(28-94)128-80)70(37(4)127-81)132-79-68(116)71(44(99)32-123-79)133-77-64(112)54(102)41(96)29-121-77)84(130-46)137-85(119)92-25-24-86(6,7)26-40(92)39-17-18-49-89(11)22-20-51(87(8,9)48(89)19-23-90(49,12)91(39,13)27-50(92)100)131-76-52(93-38(5)95)60(108)58(106)47(129-76)34-125-83-73(56(104)43(98)31-124-83)135-78-65(113)55(103)42(97)30-122-78/h14,16-17,36-37,40-74,76-84,94,96-117H,1,15,18-34H2,2-13H3,(H,93,95)/b35-16+/t36-,37+,40?,41-,42+,43+,44-,45-,46-,47-,48?,49-,50-,51+,52-,53-,54+,55+,56+,57-,58-,59-,60-,61+,62+,63+,64-,65-,66-,67-,68-,69-,70+,71+,72+,73-,74-,76+,77+,78+,79+,80+,81+,82+,83+,84+,88-,89+,90-,91-,92-/m1/s1. The molecule has 0 aromatic rings. The minimum atomic E-state index is -2.32. The zero-order valence-corrected chi connectivity index (χ0v) is 79.5. The highest BCUT2D eigenvalue weighted by atomic mass is 16.8. The first-order valence-corrected chi connectivity index (χ1v) is 47.9. The molecule has 0 radical (unpaired) electrons. The van der Waals surface area contributed by atoms with Gasteiger partial charge in [-0.25, -0.2) is 4.79 Å². The number of fused-ring (bicyclic) bond motifs is 7. The number of ether oxygens (including phenoxy) is 19. The number of hydrogen-bond donors (Lipinski definition) is 24. The number of carbonyl (C=O) groups excluding carboxylic acids is 3. The zero-order valence-electron chi connectivity index (χ0n) is 79.5. The Balaban J connectivity index is 0.729. The van der Waals surface area contributed by atoms with Crippen LogP contribution < -0.4 is 5.32 Å². The molecule has 9 aliphatic heterocycles. The summed E-state index contributed by atoms with van der Waals surface area (Å²) < 4.78 is 115. The minimum Gasteiger partial charge on any atom is -0.459 e. The summed E-state index contributed by atoms with van der Waals surface area (Å²) in [6, 6.07) is -1.33. The molecule has 9 saturated heterocycles. The summed E-state index contributed by atoms with van der Waals surface area (Å²) in [6.45, 7) is 21.3. The minimum absolute atomic E-state index is 0.000663. The predicted octanol–water partition coefficient (Wildman–Crippen LogP) is -6.97. The Morgan fingerprint density at radius 3 is 1.64 bits per heavy atom. The fraction of sp³-hybridized carbons (Fsp3) is 0.902. The predicted molar refractivity (Wildman–Crippen MR) is 460 cm³/mol. The molecule has 2 unspecified atom stereocenters. The van der Waals surface area contributed by atoms with Crippen LogP contribution in [0, 0.1) is 50.2 Å².